The number of rotatable bonds is 16. The summed E-state index contributed by atoms with van der Waals surface area (Å²) in [5.74, 6) is -20.4. The van der Waals surface area contributed by atoms with E-state index in [2.05, 4.69) is 13.2 Å². The standard InChI is InChI=1S/C34H30F9NO4/c1-3-29(45)47-21-18-24-7-13-27(14-8-24)44(28-15-9-25(10-16-28)19-22-48-30(46)4-2)26-11-5-23(6-12-26)17-20-31(35,36)32(37,38)33(39,40)34(41,42)43/h3-16H,1-2,17-22H2. The van der Waals surface area contributed by atoms with Gasteiger partial charge in [-0.15, -0.1) is 0 Å². The van der Waals surface area contributed by atoms with Gasteiger partial charge in [-0.25, -0.2) is 9.59 Å². The van der Waals surface area contributed by atoms with E-state index in [9.17, 15) is 49.1 Å². The van der Waals surface area contributed by atoms with Crippen LogP contribution in [-0.2, 0) is 38.3 Å². The van der Waals surface area contributed by atoms with Gasteiger partial charge in [0.05, 0.1) is 13.2 Å². The molecule has 0 spiro atoms. The lowest BCUT2D eigenvalue weighted by atomic mass is 9.97. The summed E-state index contributed by atoms with van der Waals surface area (Å²) in [4.78, 5) is 24.4. The number of carbonyl (C=O) groups is 2. The van der Waals surface area contributed by atoms with Crippen LogP contribution in [0.1, 0.15) is 23.1 Å². The molecule has 0 atom stereocenters. The fourth-order valence-corrected chi connectivity index (χ4v) is 4.41. The van der Waals surface area contributed by atoms with Crippen molar-refractivity contribution in [1.29, 1.82) is 0 Å². The van der Waals surface area contributed by atoms with Crippen LogP contribution in [-0.4, -0.2) is 49.1 Å². The second-order valence-corrected chi connectivity index (χ2v) is 10.4. The normalized spacial score (nSPS) is 12.3. The largest absolute Gasteiger partial charge is 0.462 e. The summed E-state index contributed by atoms with van der Waals surface area (Å²) in [5, 5.41) is 0. The van der Waals surface area contributed by atoms with E-state index in [-0.39, 0.29) is 18.8 Å². The highest BCUT2D eigenvalue weighted by Crippen LogP contribution is 2.54. The molecule has 0 unspecified atom stereocenters. The van der Waals surface area contributed by atoms with Gasteiger partial charge in [-0.3, -0.25) is 0 Å². The first-order chi connectivity index (χ1) is 22.4. The van der Waals surface area contributed by atoms with Crippen molar-refractivity contribution in [2.75, 3.05) is 18.1 Å². The van der Waals surface area contributed by atoms with Crippen LogP contribution in [0, 0.1) is 0 Å². The van der Waals surface area contributed by atoms with Gasteiger partial charge in [0.25, 0.3) is 0 Å². The van der Waals surface area contributed by atoms with Gasteiger partial charge in [0, 0.05) is 48.5 Å². The maximum atomic E-state index is 14.1. The van der Waals surface area contributed by atoms with Crippen LogP contribution in [0.3, 0.4) is 0 Å². The molecule has 3 aromatic carbocycles. The minimum absolute atomic E-state index is 0.0154. The van der Waals surface area contributed by atoms with Crippen molar-refractivity contribution in [3.8, 4) is 0 Å². The predicted molar refractivity (Wildman–Crippen MR) is 160 cm³/mol. The fraction of sp³-hybridized carbons (Fsp3) is 0.294. The third kappa shape index (κ3) is 8.98. The molecule has 0 heterocycles. The van der Waals surface area contributed by atoms with Crippen molar-refractivity contribution in [3.05, 3.63) is 115 Å². The van der Waals surface area contributed by atoms with Crippen molar-refractivity contribution in [3.63, 3.8) is 0 Å². The van der Waals surface area contributed by atoms with Crippen LogP contribution in [0.4, 0.5) is 56.6 Å². The molecule has 0 aliphatic heterocycles. The Morgan fingerprint density at radius 3 is 1.21 bits per heavy atom. The molecule has 0 radical (unpaired) electrons. The van der Waals surface area contributed by atoms with E-state index >= 15 is 0 Å². The highest BCUT2D eigenvalue weighted by atomic mass is 19.4. The van der Waals surface area contributed by atoms with Gasteiger partial charge in [0.2, 0.25) is 0 Å². The van der Waals surface area contributed by atoms with E-state index in [1.54, 1.807) is 53.4 Å². The second kappa shape index (κ2) is 15.4. The summed E-state index contributed by atoms with van der Waals surface area (Å²) in [6.07, 6.45) is -6.89. The van der Waals surface area contributed by atoms with Crippen LogP contribution in [0.2, 0.25) is 0 Å². The van der Waals surface area contributed by atoms with Gasteiger partial charge in [0.15, 0.2) is 0 Å². The Morgan fingerprint density at radius 2 is 0.896 bits per heavy atom. The van der Waals surface area contributed by atoms with Gasteiger partial charge < -0.3 is 14.4 Å². The SMILES string of the molecule is C=CC(=O)OCCc1ccc(N(c2ccc(CCOC(=O)C=C)cc2)c2ccc(CCC(F)(F)C(F)(F)C(F)(F)C(F)(F)F)cc2)cc1. The zero-order valence-electron chi connectivity index (χ0n) is 25.2. The van der Waals surface area contributed by atoms with Gasteiger partial charge in [-0.05, 0) is 59.5 Å². The minimum Gasteiger partial charge on any atom is -0.462 e. The van der Waals surface area contributed by atoms with E-state index in [0.29, 0.717) is 29.9 Å². The molecule has 0 fully saturated rings. The van der Waals surface area contributed by atoms with Gasteiger partial charge in [-0.2, -0.15) is 39.5 Å². The van der Waals surface area contributed by atoms with Crippen molar-refractivity contribution in [1.82, 2.24) is 0 Å². The molecule has 0 aliphatic rings. The first kappa shape index (κ1) is 37.7. The molecule has 0 bridgehead atoms. The van der Waals surface area contributed by atoms with Crippen LogP contribution in [0.15, 0.2) is 98.1 Å². The Hall–Kier alpha value is -4.75. The summed E-state index contributed by atoms with van der Waals surface area (Å²) in [7, 11) is 0. The lowest BCUT2D eigenvalue weighted by Crippen LogP contribution is -2.60. The number of halogens is 9. The Bertz CT molecular complexity index is 1480. The highest BCUT2D eigenvalue weighted by Gasteiger charge is 2.81. The third-order valence-corrected chi connectivity index (χ3v) is 7.12. The Labute approximate surface area is 270 Å². The minimum atomic E-state index is -6.94. The van der Waals surface area contributed by atoms with E-state index in [4.69, 9.17) is 9.47 Å². The average molecular weight is 688 g/mol. The van der Waals surface area contributed by atoms with E-state index in [1.165, 1.54) is 24.3 Å². The maximum Gasteiger partial charge on any atom is 0.460 e. The lowest BCUT2D eigenvalue weighted by Gasteiger charge is -2.33. The fourth-order valence-electron chi connectivity index (χ4n) is 4.41. The van der Waals surface area contributed by atoms with E-state index in [1.807, 2.05) is 0 Å². The molecular formula is C34H30F9NO4. The number of nitrogens with zero attached hydrogens (tertiary/aromatic N) is 1. The maximum absolute atomic E-state index is 14.1. The summed E-state index contributed by atoms with van der Waals surface area (Å²) < 4.78 is 130. The molecule has 0 saturated heterocycles. The zero-order valence-corrected chi connectivity index (χ0v) is 25.2. The second-order valence-electron chi connectivity index (χ2n) is 10.4. The molecule has 14 heteroatoms. The number of carbonyl (C=O) groups excluding carboxylic acids is 2. The number of esters is 2. The van der Waals surface area contributed by atoms with Gasteiger partial charge in [-0.1, -0.05) is 49.6 Å². The third-order valence-electron chi connectivity index (χ3n) is 7.12. The molecule has 0 saturated carbocycles. The lowest BCUT2D eigenvalue weighted by molar-refractivity contribution is -0.396. The zero-order chi connectivity index (χ0) is 35.8. The van der Waals surface area contributed by atoms with Crippen LogP contribution >= 0.6 is 0 Å². The van der Waals surface area contributed by atoms with Crippen LogP contribution in [0.5, 0.6) is 0 Å². The number of alkyl halides is 9. The molecule has 0 amide bonds. The molecule has 3 rings (SSSR count). The molecule has 0 aliphatic carbocycles. The highest BCUT2D eigenvalue weighted by molar-refractivity contribution is 5.81. The van der Waals surface area contributed by atoms with Crippen molar-refractivity contribution >= 4 is 29.0 Å². The Kier molecular flexibility index (Phi) is 12.1. The summed E-state index contributed by atoms with van der Waals surface area (Å²) >= 11 is 0. The number of hydrogen-bond donors (Lipinski definition) is 0. The number of aryl methyl sites for hydroxylation is 1. The predicted octanol–water partition coefficient (Wildman–Crippen LogP) is 9.10. The Balaban J connectivity index is 1.85. The van der Waals surface area contributed by atoms with E-state index in [0.717, 1.165) is 23.3 Å². The number of ether oxygens (including phenoxy) is 2. The first-order valence-corrected chi connectivity index (χ1v) is 14.3. The molecule has 0 aromatic heterocycles. The molecular weight excluding hydrogens is 657 g/mol. The molecule has 258 valence electrons. The monoisotopic (exact) mass is 687 g/mol. The smallest absolute Gasteiger partial charge is 0.460 e. The number of hydrogen-bond acceptors (Lipinski definition) is 5. The van der Waals surface area contributed by atoms with Crippen molar-refractivity contribution < 1.29 is 58.6 Å². The topological polar surface area (TPSA) is 55.8 Å². The van der Waals surface area contributed by atoms with Crippen LogP contribution < -0.4 is 4.90 Å². The molecule has 48 heavy (non-hydrogen) atoms. The van der Waals surface area contributed by atoms with E-state index < -0.39 is 48.7 Å². The van der Waals surface area contributed by atoms with Gasteiger partial charge >= 0.3 is 35.9 Å². The van der Waals surface area contributed by atoms with Crippen molar-refractivity contribution in [2.45, 2.75) is 49.6 Å². The van der Waals surface area contributed by atoms with Crippen molar-refractivity contribution in [2.24, 2.45) is 0 Å². The first-order valence-electron chi connectivity index (χ1n) is 14.3. The van der Waals surface area contributed by atoms with Gasteiger partial charge in [0.1, 0.15) is 0 Å². The Morgan fingerprint density at radius 1 is 0.562 bits per heavy atom. The summed E-state index contributed by atoms with van der Waals surface area (Å²) in [6, 6.07) is 19.6. The number of benzene rings is 3. The number of anilines is 3. The van der Waals surface area contributed by atoms with Crippen LogP contribution in [0.25, 0.3) is 0 Å². The average Bonchev–Trinajstić information content (AvgIpc) is 3.05. The summed E-state index contributed by atoms with van der Waals surface area (Å²) in [5.41, 5.74) is 3.32. The summed E-state index contributed by atoms with van der Waals surface area (Å²) in [6.45, 7) is 6.87. The molecule has 0 N–H and O–H groups in total. The molecule has 5 nitrogen and oxygen atoms in total. The molecule has 3 aromatic rings. The quantitative estimate of drug-likeness (QED) is 0.0855.